The summed E-state index contributed by atoms with van der Waals surface area (Å²) in [6.07, 6.45) is 5.60. The second-order valence-corrected chi connectivity index (χ2v) is 4.82. The minimum atomic E-state index is -0.879. The number of thioether (sulfide) groups is 1. The molecule has 0 aromatic heterocycles. The first-order valence-corrected chi connectivity index (χ1v) is 7.20. The van der Waals surface area contributed by atoms with Crippen LogP contribution in [0.3, 0.4) is 0 Å². The van der Waals surface area contributed by atoms with Crippen LogP contribution in [0.15, 0.2) is 24.3 Å². The van der Waals surface area contributed by atoms with Crippen LogP contribution >= 0.6 is 11.8 Å². The molecule has 0 radical (unpaired) electrons. The van der Waals surface area contributed by atoms with E-state index in [4.69, 9.17) is 5.11 Å². The summed E-state index contributed by atoms with van der Waals surface area (Å²) in [6.45, 7) is 0.832. The van der Waals surface area contributed by atoms with Gasteiger partial charge in [-0.05, 0) is 37.0 Å². The third-order valence-electron chi connectivity index (χ3n) is 2.50. The van der Waals surface area contributed by atoms with Gasteiger partial charge >= 0.3 is 5.97 Å². The molecule has 1 rings (SSSR count). The predicted octanol–water partition coefficient (Wildman–Crippen LogP) is 3.33. The van der Waals surface area contributed by atoms with E-state index < -0.39 is 5.97 Å². The van der Waals surface area contributed by atoms with Crippen LogP contribution in [0.1, 0.15) is 29.6 Å². The molecule has 0 bridgehead atoms. The van der Waals surface area contributed by atoms with Gasteiger partial charge in [-0.2, -0.15) is 11.8 Å². The van der Waals surface area contributed by atoms with Gasteiger partial charge in [-0.25, -0.2) is 4.79 Å². The van der Waals surface area contributed by atoms with Crippen molar-refractivity contribution in [3.63, 3.8) is 0 Å². The van der Waals surface area contributed by atoms with Gasteiger partial charge in [0, 0.05) is 12.2 Å². The zero-order valence-corrected chi connectivity index (χ0v) is 10.9. The number of nitrogens with one attached hydrogen (secondary N) is 1. The molecule has 4 heteroatoms. The van der Waals surface area contributed by atoms with Crippen molar-refractivity contribution in [3.05, 3.63) is 29.8 Å². The van der Waals surface area contributed by atoms with E-state index in [2.05, 4.69) is 11.6 Å². The number of para-hydroxylation sites is 1. The molecule has 0 aliphatic carbocycles. The minimum Gasteiger partial charge on any atom is -0.478 e. The molecule has 0 atom stereocenters. The van der Waals surface area contributed by atoms with Gasteiger partial charge in [0.05, 0.1) is 5.56 Å². The Balaban J connectivity index is 2.34. The second kappa shape index (κ2) is 8.01. The normalized spacial score (nSPS) is 10.2. The van der Waals surface area contributed by atoms with Crippen molar-refractivity contribution in [3.8, 4) is 0 Å². The Hall–Kier alpha value is -1.16. The smallest absolute Gasteiger partial charge is 0.337 e. The standard InChI is InChI=1S/C13H19NO2S/c1-17-10-6-2-5-9-14-12-8-4-3-7-11(12)13(15)16/h3-4,7-8,14H,2,5-6,9-10H2,1H3,(H,15,16). The maximum Gasteiger partial charge on any atom is 0.337 e. The van der Waals surface area contributed by atoms with Gasteiger partial charge in [-0.1, -0.05) is 18.6 Å². The molecular formula is C13H19NO2S. The molecule has 1 aromatic rings. The van der Waals surface area contributed by atoms with Crippen molar-refractivity contribution < 1.29 is 9.90 Å². The van der Waals surface area contributed by atoms with Crippen LogP contribution in [0.4, 0.5) is 5.69 Å². The fourth-order valence-corrected chi connectivity index (χ4v) is 2.09. The maximum atomic E-state index is 11.0. The topological polar surface area (TPSA) is 49.3 Å². The van der Waals surface area contributed by atoms with Crippen LogP contribution in [-0.2, 0) is 0 Å². The molecular weight excluding hydrogens is 234 g/mol. The number of carboxylic acid groups (broad SMARTS) is 1. The molecule has 0 saturated heterocycles. The lowest BCUT2D eigenvalue weighted by atomic mass is 10.1. The summed E-state index contributed by atoms with van der Waals surface area (Å²) in [7, 11) is 0. The van der Waals surface area contributed by atoms with E-state index in [9.17, 15) is 4.79 Å². The third kappa shape index (κ3) is 5.13. The van der Waals surface area contributed by atoms with Crippen LogP contribution < -0.4 is 5.32 Å². The number of hydrogen-bond acceptors (Lipinski definition) is 3. The van der Waals surface area contributed by atoms with Gasteiger partial charge in [0.2, 0.25) is 0 Å². The molecule has 0 fully saturated rings. The van der Waals surface area contributed by atoms with Gasteiger partial charge in [-0.15, -0.1) is 0 Å². The second-order valence-electron chi connectivity index (χ2n) is 3.83. The molecule has 0 saturated carbocycles. The molecule has 94 valence electrons. The molecule has 2 N–H and O–H groups in total. The van der Waals surface area contributed by atoms with Gasteiger partial charge in [0.25, 0.3) is 0 Å². The average Bonchev–Trinajstić information content (AvgIpc) is 2.34. The van der Waals surface area contributed by atoms with Crippen LogP contribution in [0.2, 0.25) is 0 Å². The van der Waals surface area contributed by atoms with Crippen molar-refractivity contribution >= 4 is 23.4 Å². The first kappa shape index (κ1) is 13.9. The molecule has 0 unspecified atom stereocenters. The average molecular weight is 253 g/mol. The van der Waals surface area contributed by atoms with E-state index in [-0.39, 0.29) is 0 Å². The molecule has 17 heavy (non-hydrogen) atoms. The Morgan fingerprint density at radius 3 is 2.76 bits per heavy atom. The molecule has 0 spiro atoms. The lowest BCUT2D eigenvalue weighted by molar-refractivity contribution is 0.0698. The number of hydrogen-bond donors (Lipinski definition) is 2. The highest BCUT2D eigenvalue weighted by atomic mass is 32.2. The van der Waals surface area contributed by atoms with Crippen LogP contribution in [-0.4, -0.2) is 29.6 Å². The summed E-state index contributed by atoms with van der Waals surface area (Å²) in [5.41, 5.74) is 1.06. The molecule has 0 aliphatic rings. The first-order chi connectivity index (χ1) is 8.25. The third-order valence-corrected chi connectivity index (χ3v) is 3.20. The molecule has 0 heterocycles. The summed E-state index contributed by atoms with van der Waals surface area (Å²) in [5, 5.41) is 12.2. The number of carboxylic acids is 1. The van der Waals surface area contributed by atoms with E-state index in [1.54, 1.807) is 12.1 Å². The van der Waals surface area contributed by atoms with Crippen molar-refractivity contribution in [2.24, 2.45) is 0 Å². The van der Waals surface area contributed by atoms with Crippen LogP contribution in [0, 0.1) is 0 Å². The van der Waals surface area contributed by atoms with E-state index in [1.165, 1.54) is 18.6 Å². The van der Waals surface area contributed by atoms with Gasteiger partial charge in [0.1, 0.15) is 0 Å². The van der Waals surface area contributed by atoms with Crippen LogP contribution in [0.25, 0.3) is 0 Å². The molecule has 0 aliphatic heterocycles. The Labute approximate surface area is 107 Å². The largest absolute Gasteiger partial charge is 0.478 e. The highest BCUT2D eigenvalue weighted by Gasteiger charge is 2.07. The monoisotopic (exact) mass is 253 g/mol. The Morgan fingerprint density at radius 2 is 2.06 bits per heavy atom. The lowest BCUT2D eigenvalue weighted by Crippen LogP contribution is -2.07. The number of unbranched alkanes of at least 4 members (excludes halogenated alkanes) is 2. The Kier molecular flexibility index (Phi) is 6.55. The van der Waals surface area contributed by atoms with E-state index in [1.807, 2.05) is 23.9 Å². The van der Waals surface area contributed by atoms with Gasteiger partial charge in [0.15, 0.2) is 0 Å². The zero-order valence-electron chi connectivity index (χ0n) is 10.1. The van der Waals surface area contributed by atoms with E-state index in [0.717, 1.165) is 13.0 Å². The highest BCUT2D eigenvalue weighted by Crippen LogP contribution is 2.15. The fourth-order valence-electron chi connectivity index (χ4n) is 1.59. The van der Waals surface area contributed by atoms with E-state index >= 15 is 0 Å². The molecule has 1 aromatic carbocycles. The SMILES string of the molecule is CSCCCCCNc1ccccc1C(=O)O. The number of benzene rings is 1. The summed E-state index contributed by atoms with van der Waals surface area (Å²) < 4.78 is 0. The quantitative estimate of drug-likeness (QED) is 0.698. The molecule has 0 amide bonds. The van der Waals surface area contributed by atoms with Gasteiger partial charge in [-0.3, -0.25) is 0 Å². The fraction of sp³-hybridized carbons (Fsp3) is 0.462. The first-order valence-electron chi connectivity index (χ1n) is 5.81. The van der Waals surface area contributed by atoms with Crippen molar-refractivity contribution in [2.75, 3.05) is 23.9 Å². The Bertz CT molecular complexity index is 355. The van der Waals surface area contributed by atoms with Crippen LogP contribution in [0.5, 0.6) is 0 Å². The van der Waals surface area contributed by atoms with Crippen molar-refractivity contribution in [1.82, 2.24) is 0 Å². The number of carbonyl (C=O) groups is 1. The summed E-state index contributed by atoms with van der Waals surface area (Å²) in [5.74, 6) is 0.321. The predicted molar refractivity (Wildman–Crippen MR) is 74.1 cm³/mol. The highest BCUT2D eigenvalue weighted by molar-refractivity contribution is 7.98. The number of anilines is 1. The van der Waals surface area contributed by atoms with Crippen molar-refractivity contribution in [1.29, 1.82) is 0 Å². The number of rotatable bonds is 8. The van der Waals surface area contributed by atoms with E-state index in [0.29, 0.717) is 11.3 Å². The summed E-state index contributed by atoms with van der Waals surface area (Å²) in [4.78, 5) is 11.0. The lowest BCUT2D eigenvalue weighted by Gasteiger charge is -2.08. The zero-order chi connectivity index (χ0) is 12.5. The minimum absolute atomic E-state index is 0.344. The maximum absolute atomic E-state index is 11.0. The van der Waals surface area contributed by atoms with Crippen molar-refractivity contribution in [2.45, 2.75) is 19.3 Å². The van der Waals surface area contributed by atoms with Gasteiger partial charge < -0.3 is 10.4 Å². The summed E-state index contributed by atoms with van der Waals surface area (Å²) >= 11 is 1.86. The summed E-state index contributed by atoms with van der Waals surface area (Å²) in [6, 6.07) is 7.03. The Morgan fingerprint density at radius 1 is 1.29 bits per heavy atom. The number of aromatic carboxylic acids is 1. The molecule has 3 nitrogen and oxygen atoms in total.